The summed E-state index contributed by atoms with van der Waals surface area (Å²) < 4.78 is 5.27. The molecule has 0 fully saturated rings. The van der Waals surface area contributed by atoms with Crippen LogP contribution < -0.4 is 0 Å². The van der Waals surface area contributed by atoms with Gasteiger partial charge >= 0.3 is 5.97 Å². The lowest BCUT2D eigenvalue weighted by Crippen LogP contribution is -2.37. The number of aliphatic hydroxyl groups excluding tert-OH is 1. The molecule has 1 aliphatic rings. The molecule has 0 spiro atoms. The first kappa shape index (κ1) is 22.4. The molecule has 0 bridgehead atoms. The van der Waals surface area contributed by atoms with E-state index in [-0.39, 0.29) is 30.3 Å². The van der Waals surface area contributed by atoms with Gasteiger partial charge in [0.05, 0.1) is 12.7 Å². The van der Waals surface area contributed by atoms with E-state index in [1.54, 1.807) is 0 Å². The minimum absolute atomic E-state index is 0.133. The molecule has 26 heavy (non-hydrogen) atoms. The molecule has 4 atom stereocenters. The summed E-state index contributed by atoms with van der Waals surface area (Å²) in [4.78, 5) is 23.1. The third kappa shape index (κ3) is 7.28. The van der Waals surface area contributed by atoms with Gasteiger partial charge in [-0.1, -0.05) is 36.3 Å². The lowest BCUT2D eigenvalue weighted by molar-refractivity contribution is -0.143. The van der Waals surface area contributed by atoms with E-state index in [0.29, 0.717) is 18.4 Å². The molecule has 0 saturated carbocycles. The number of hydrogen-bond acceptors (Lipinski definition) is 4. The highest BCUT2D eigenvalue weighted by Crippen LogP contribution is 2.36. The summed E-state index contributed by atoms with van der Waals surface area (Å²) in [5.74, 6) is -0.601. The highest BCUT2D eigenvalue weighted by Gasteiger charge is 2.36. The van der Waals surface area contributed by atoms with Crippen LogP contribution in [0.15, 0.2) is 34.9 Å². The van der Waals surface area contributed by atoms with Crippen molar-refractivity contribution in [3.05, 3.63) is 34.9 Å². The smallest absolute Gasteiger partial charge is 0.302 e. The predicted molar refractivity (Wildman–Crippen MR) is 105 cm³/mol. The molecule has 0 aromatic rings. The summed E-state index contributed by atoms with van der Waals surface area (Å²) in [6.07, 6.45) is 9.50. The lowest BCUT2D eigenvalue weighted by atomic mass is 9.73. The Morgan fingerprint density at radius 2 is 2.04 bits per heavy atom. The molecule has 1 N–H and O–H groups in total. The molecular formula is C22H34O4. The molecule has 146 valence electrons. The minimum atomic E-state index is -0.574. The largest absolute Gasteiger partial charge is 0.465 e. The lowest BCUT2D eigenvalue weighted by Gasteiger charge is -2.35. The van der Waals surface area contributed by atoms with Gasteiger partial charge in [0, 0.05) is 12.8 Å². The van der Waals surface area contributed by atoms with Crippen LogP contribution in [0.3, 0.4) is 0 Å². The highest BCUT2D eigenvalue weighted by molar-refractivity contribution is 5.74. The Morgan fingerprint density at radius 3 is 2.62 bits per heavy atom. The molecule has 0 heterocycles. The molecule has 0 saturated heterocycles. The monoisotopic (exact) mass is 362 g/mol. The van der Waals surface area contributed by atoms with E-state index in [1.807, 2.05) is 19.1 Å². The molecule has 0 amide bonds. The second-order valence-electron chi connectivity index (χ2n) is 7.70. The van der Waals surface area contributed by atoms with Gasteiger partial charge in [0.15, 0.2) is 0 Å². The third-order valence-corrected chi connectivity index (χ3v) is 5.12. The molecule has 0 radical (unpaired) electrons. The Bertz CT molecular complexity index is 567. The van der Waals surface area contributed by atoms with Crippen molar-refractivity contribution < 1.29 is 19.4 Å². The zero-order valence-electron chi connectivity index (χ0n) is 16.8. The number of aldehydes is 1. The summed E-state index contributed by atoms with van der Waals surface area (Å²) in [5, 5.41) is 11.0. The van der Waals surface area contributed by atoms with Gasteiger partial charge in [0.25, 0.3) is 0 Å². The van der Waals surface area contributed by atoms with E-state index in [9.17, 15) is 14.7 Å². The quantitative estimate of drug-likeness (QED) is 0.414. The Labute approximate surface area is 158 Å². The van der Waals surface area contributed by atoms with E-state index >= 15 is 0 Å². The average Bonchev–Trinajstić information content (AvgIpc) is 2.59. The number of carbonyl (C=O) groups is 2. The standard InChI is InChI=1S/C22H34O4/c1-15(2)8-6-10-17(4)22-20(14-26-18(5)24)19(13-23)11-7-9-16(3)12-21(22)25/h8-9,11,13,17,20-22,25H,6-7,10,12,14H2,1-5H3/b16-9+,19-11-/t17-,20?,21-,22?/m0/s1. The molecule has 4 nitrogen and oxygen atoms in total. The van der Waals surface area contributed by atoms with Crippen molar-refractivity contribution in [2.45, 2.75) is 66.4 Å². The van der Waals surface area contributed by atoms with Crippen molar-refractivity contribution in [2.75, 3.05) is 6.61 Å². The van der Waals surface area contributed by atoms with Crippen LogP contribution in [0, 0.1) is 17.8 Å². The zero-order chi connectivity index (χ0) is 19.7. The zero-order valence-corrected chi connectivity index (χ0v) is 16.8. The third-order valence-electron chi connectivity index (χ3n) is 5.12. The van der Waals surface area contributed by atoms with Crippen molar-refractivity contribution in [2.24, 2.45) is 17.8 Å². The summed E-state index contributed by atoms with van der Waals surface area (Å²) in [5.41, 5.74) is 3.01. The van der Waals surface area contributed by atoms with E-state index in [4.69, 9.17) is 4.74 Å². The maximum absolute atomic E-state index is 11.7. The topological polar surface area (TPSA) is 63.6 Å². The molecule has 4 heteroatoms. The van der Waals surface area contributed by atoms with Crippen molar-refractivity contribution in [3.8, 4) is 0 Å². The SMILES string of the molecule is CC(=O)OCC1/C(C=O)=C\C/C=C(\C)C[C@H](O)C1[C@@H](C)CCC=C(C)C. The molecule has 2 unspecified atom stereocenters. The molecule has 0 aromatic heterocycles. The second kappa shape index (κ2) is 11.1. The molecule has 0 aliphatic heterocycles. The van der Waals surface area contributed by atoms with Crippen LogP contribution in [-0.2, 0) is 14.3 Å². The Hall–Kier alpha value is -1.68. The van der Waals surface area contributed by atoms with E-state index < -0.39 is 6.10 Å². The summed E-state index contributed by atoms with van der Waals surface area (Å²) in [6.45, 7) is 9.78. The van der Waals surface area contributed by atoms with E-state index in [0.717, 1.165) is 24.7 Å². The fourth-order valence-corrected chi connectivity index (χ4v) is 3.74. The summed E-state index contributed by atoms with van der Waals surface area (Å²) in [7, 11) is 0. The number of hydrogen-bond donors (Lipinski definition) is 1. The van der Waals surface area contributed by atoms with Crippen molar-refractivity contribution >= 4 is 12.3 Å². The van der Waals surface area contributed by atoms with Gasteiger partial charge in [-0.05, 0) is 63.9 Å². The minimum Gasteiger partial charge on any atom is -0.465 e. The maximum Gasteiger partial charge on any atom is 0.302 e. The van der Waals surface area contributed by atoms with Gasteiger partial charge in [-0.25, -0.2) is 0 Å². The highest BCUT2D eigenvalue weighted by atomic mass is 16.5. The normalized spacial score (nSPS) is 28.9. The Morgan fingerprint density at radius 1 is 1.35 bits per heavy atom. The number of ether oxygens (including phenoxy) is 1. The summed E-state index contributed by atoms with van der Waals surface area (Å²) >= 11 is 0. The van der Waals surface area contributed by atoms with Crippen molar-refractivity contribution in [3.63, 3.8) is 0 Å². The fourth-order valence-electron chi connectivity index (χ4n) is 3.74. The van der Waals surface area contributed by atoms with Gasteiger partial charge in [0.2, 0.25) is 0 Å². The van der Waals surface area contributed by atoms with Gasteiger partial charge in [-0.15, -0.1) is 0 Å². The Kier molecular flexibility index (Phi) is 9.57. The van der Waals surface area contributed by atoms with E-state index in [2.05, 4.69) is 26.8 Å². The van der Waals surface area contributed by atoms with Crippen molar-refractivity contribution in [1.29, 1.82) is 0 Å². The number of rotatable bonds is 7. The van der Waals surface area contributed by atoms with Crippen LogP contribution in [-0.4, -0.2) is 30.1 Å². The Balaban J connectivity index is 3.16. The summed E-state index contributed by atoms with van der Waals surface area (Å²) in [6, 6.07) is 0. The van der Waals surface area contributed by atoms with Gasteiger partial charge in [0.1, 0.15) is 6.29 Å². The van der Waals surface area contributed by atoms with Crippen molar-refractivity contribution in [1.82, 2.24) is 0 Å². The first-order valence-corrected chi connectivity index (χ1v) is 9.51. The number of allylic oxidation sites excluding steroid dienone is 4. The first-order chi connectivity index (χ1) is 12.3. The molecule has 1 rings (SSSR count). The average molecular weight is 363 g/mol. The number of aliphatic hydroxyl groups is 1. The van der Waals surface area contributed by atoms with Gasteiger partial charge in [-0.3, -0.25) is 9.59 Å². The first-order valence-electron chi connectivity index (χ1n) is 9.51. The molecule has 0 aromatic carbocycles. The molecular weight excluding hydrogens is 328 g/mol. The number of esters is 1. The van der Waals surface area contributed by atoms with Crippen LogP contribution in [0.2, 0.25) is 0 Å². The predicted octanol–water partition coefficient (Wildman–Crippen LogP) is 4.39. The van der Waals surface area contributed by atoms with Crippen LogP contribution in [0.1, 0.15) is 60.3 Å². The van der Waals surface area contributed by atoms with Crippen LogP contribution in [0.5, 0.6) is 0 Å². The maximum atomic E-state index is 11.7. The fraction of sp³-hybridized carbons (Fsp3) is 0.636. The van der Waals surface area contributed by atoms with Gasteiger partial charge < -0.3 is 9.84 Å². The van der Waals surface area contributed by atoms with Crippen LogP contribution >= 0.6 is 0 Å². The number of carbonyl (C=O) groups excluding carboxylic acids is 2. The van der Waals surface area contributed by atoms with E-state index in [1.165, 1.54) is 12.5 Å². The van der Waals surface area contributed by atoms with Gasteiger partial charge in [-0.2, -0.15) is 0 Å². The molecule has 1 aliphatic carbocycles. The van der Waals surface area contributed by atoms with Crippen LogP contribution in [0.4, 0.5) is 0 Å². The van der Waals surface area contributed by atoms with Crippen LogP contribution in [0.25, 0.3) is 0 Å². The second-order valence-corrected chi connectivity index (χ2v) is 7.70.